The van der Waals surface area contributed by atoms with Crippen LogP contribution in [-0.4, -0.2) is 33.8 Å². The van der Waals surface area contributed by atoms with Crippen LogP contribution in [0.3, 0.4) is 0 Å². The number of ether oxygens (including phenoxy) is 3. The average molecular weight is 365 g/mol. The first kappa shape index (κ1) is 18.7. The van der Waals surface area contributed by atoms with Crippen molar-refractivity contribution in [3.05, 3.63) is 41.4 Å². The highest BCUT2D eigenvalue weighted by Gasteiger charge is 2.12. The van der Waals surface area contributed by atoms with E-state index < -0.39 is 0 Å². The van der Waals surface area contributed by atoms with Gasteiger partial charge in [0.1, 0.15) is 17.2 Å². The van der Waals surface area contributed by atoms with E-state index in [1.165, 1.54) is 14.2 Å². The average Bonchev–Trinajstić information content (AvgIpc) is 2.63. The van der Waals surface area contributed by atoms with Gasteiger partial charge in [0, 0.05) is 36.9 Å². The number of amides is 1. The molecule has 6 nitrogen and oxygen atoms in total. The fourth-order valence-electron chi connectivity index (χ4n) is 2.22. The second kappa shape index (κ2) is 9.03. The molecule has 0 aromatic heterocycles. The van der Waals surface area contributed by atoms with Crippen LogP contribution in [0.4, 0.5) is 11.4 Å². The van der Waals surface area contributed by atoms with Crippen LogP contribution in [0.1, 0.15) is 6.42 Å². The maximum absolute atomic E-state index is 12.2. The molecule has 25 heavy (non-hydrogen) atoms. The number of methoxy groups -OCH3 is 3. The second-order valence-electron chi connectivity index (χ2n) is 5.14. The van der Waals surface area contributed by atoms with E-state index in [1.807, 2.05) is 24.3 Å². The van der Waals surface area contributed by atoms with Gasteiger partial charge in [-0.05, 0) is 12.1 Å². The predicted octanol–water partition coefficient (Wildman–Crippen LogP) is 3.81. The fourth-order valence-corrected chi connectivity index (χ4v) is 2.46. The third kappa shape index (κ3) is 5.19. The number of rotatable bonds is 8. The first-order chi connectivity index (χ1) is 12.1. The highest BCUT2D eigenvalue weighted by Crippen LogP contribution is 2.35. The van der Waals surface area contributed by atoms with Gasteiger partial charge in [-0.3, -0.25) is 4.79 Å². The molecule has 0 heterocycles. The number of hydrogen-bond acceptors (Lipinski definition) is 5. The van der Waals surface area contributed by atoms with Crippen molar-refractivity contribution in [1.29, 1.82) is 0 Å². The molecule has 7 heteroatoms. The first-order valence-electron chi connectivity index (χ1n) is 7.66. The van der Waals surface area contributed by atoms with Crippen LogP contribution >= 0.6 is 11.6 Å². The van der Waals surface area contributed by atoms with Gasteiger partial charge in [-0.15, -0.1) is 0 Å². The van der Waals surface area contributed by atoms with Crippen molar-refractivity contribution in [3.8, 4) is 17.2 Å². The minimum Gasteiger partial charge on any atom is -0.497 e. The highest BCUT2D eigenvalue weighted by molar-refractivity contribution is 6.32. The van der Waals surface area contributed by atoms with Gasteiger partial charge in [0.05, 0.1) is 32.0 Å². The Hall–Kier alpha value is -2.60. The summed E-state index contributed by atoms with van der Waals surface area (Å²) in [5.41, 5.74) is 1.40. The fraction of sp³-hybridized carbons (Fsp3) is 0.278. The minimum absolute atomic E-state index is 0.155. The zero-order valence-corrected chi connectivity index (χ0v) is 15.1. The van der Waals surface area contributed by atoms with Crippen molar-refractivity contribution in [2.75, 3.05) is 38.5 Å². The quantitative estimate of drug-likeness (QED) is 0.745. The molecule has 0 fully saturated rings. The van der Waals surface area contributed by atoms with Gasteiger partial charge in [-0.1, -0.05) is 17.7 Å². The normalized spacial score (nSPS) is 10.1. The summed E-state index contributed by atoms with van der Waals surface area (Å²) in [5.74, 6) is 1.54. The van der Waals surface area contributed by atoms with Gasteiger partial charge in [0.15, 0.2) is 0 Å². The van der Waals surface area contributed by atoms with Crippen molar-refractivity contribution >= 4 is 28.9 Å². The third-order valence-corrected chi connectivity index (χ3v) is 3.79. The van der Waals surface area contributed by atoms with Crippen LogP contribution in [0.15, 0.2) is 36.4 Å². The topological polar surface area (TPSA) is 68.8 Å². The standard InChI is InChI=1S/C18H21ClN2O4/c1-23-13-6-4-5-12(9-13)20-8-7-18(22)21-15-11-16(24-2)14(19)10-17(15)25-3/h4-6,9-11,20H,7-8H2,1-3H3,(H,21,22). The Bertz CT molecular complexity index is 737. The molecule has 0 saturated heterocycles. The van der Waals surface area contributed by atoms with Crippen molar-refractivity contribution in [2.24, 2.45) is 0 Å². The summed E-state index contributed by atoms with van der Waals surface area (Å²) in [7, 11) is 4.63. The van der Waals surface area contributed by atoms with Gasteiger partial charge in [0.2, 0.25) is 5.91 Å². The minimum atomic E-state index is -0.155. The molecule has 134 valence electrons. The summed E-state index contributed by atoms with van der Waals surface area (Å²) in [5, 5.41) is 6.40. The van der Waals surface area contributed by atoms with Gasteiger partial charge in [-0.2, -0.15) is 0 Å². The number of anilines is 2. The lowest BCUT2D eigenvalue weighted by Gasteiger charge is -2.13. The SMILES string of the molecule is COc1cccc(NCCC(=O)Nc2cc(OC)c(Cl)cc2OC)c1. The summed E-state index contributed by atoms with van der Waals surface area (Å²) >= 11 is 6.06. The van der Waals surface area contributed by atoms with Crippen LogP contribution in [-0.2, 0) is 4.79 Å². The van der Waals surface area contributed by atoms with E-state index in [-0.39, 0.29) is 12.3 Å². The van der Waals surface area contributed by atoms with Crippen LogP contribution < -0.4 is 24.8 Å². The van der Waals surface area contributed by atoms with Gasteiger partial charge in [-0.25, -0.2) is 0 Å². The number of halogens is 1. The van der Waals surface area contributed by atoms with Crippen molar-refractivity contribution < 1.29 is 19.0 Å². The molecular weight excluding hydrogens is 344 g/mol. The Labute approximate surface area is 152 Å². The van der Waals surface area contributed by atoms with Crippen LogP contribution in [0, 0.1) is 0 Å². The van der Waals surface area contributed by atoms with Crippen LogP contribution in [0.25, 0.3) is 0 Å². The van der Waals surface area contributed by atoms with E-state index in [1.54, 1.807) is 19.2 Å². The van der Waals surface area contributed by atoms with Crippen molar-refractivity contribution in [3.63, 3.8) is 0 Å². The zero-order valence-electron chi connectivity index (χ0n) is 14.4. The van der Waals surface area contributed by atoms with E-state index in [0.717, 1.165) is 11.4 Å². The van der Waals surface area contributed by atoms with Gasteiger partial charge in [0.25, 0.3) is 0 Å². The largest absolute Gasteiger partial charge is 0.497 e. The first-order valence-corrected chi connectivity index (χ1v) is 8.04. The molecular formula is C18H21ClN2O4. The van der Waals surface area contributed by atoms with Crippen LogP contribution in [0.2, 0.25) is 5.02 Å². The third-order valence-electron chi connectivity index (χ3n) is 3.50. The molecule has 0 aliphatic rings. The Morgan fingerprint density at radius 2 is 1.80 bits per heavy atom. The summed E-state index contributed by atoms with van der Waals surface area (Å²) < 4.78 is 15.6. The second-order valence-corrected chi connectivity index (χ2v) is 5.55. The summed E-state index contributed by atoms with van der Waals surface area (Å²) in [4.78, 5) is 12.2. The molecule has 0 bridgehead atoms. The Morgan fingerprint density at radius 3 is 2.48 bits per heavy atom. The molecule has 2 aromatic rings. The number of carbonyl (C=O) groups is 1. The molecule has 0 radical (unpaired) electrons. The van der Waals surface area contributed by atoms with E-state index >= 15 is 0 Å². The monoisotopic (exact) mass is 364 g/mol. The number of carbonyl (C=O) groups excluding carboxylic acids is 1. The highest BCUT2D eigenvalue weighted by atomic mass is 35.5. The Balaban J connectivity index is 1.93. The Kier molecular flexibility index (Phi) is 6.77. The molecule has 2 N–H and O–H groups in total. The Morgan fingerprint density at radius 1 is 1.04 bits per heavy atom. The molecule has 0 unspecified atom stereocenters. The van der Waals surface area contributed by atoms with Crippen molar-refractivity contribution in [1.82, 2.24) is 0 Å². The molecule has 1 amide bonds. The molecule has 0 spiro atoms. The molecule has 0 saturated carbocycles. The lowest BCUT2D eigenvalue weighted by Crippen LogP contribution is -2.16. The predicted molar refractivity (Wildman–Crippen MR) is 99.3 cm³/mol. The van der Waals surface area contributed by atoms with Crippen LogP contribution in [0.5, 0.6) is 17.2 Å². The summed E-state index contributed by atoms with van der Waals surface area (Å²) in [6, 6.07) is 10.8. The zero-order chi connectivity index (χ0) is 18.2. The summed E-state index contributed by atoms with van der Waals surface area (Å²) in [6.45, 7) is 0.478. The molecule has 0 aliphatic carbocycles. The molecule has 2 rings (SSSR count). The lowest BCUT2D eigenvalue weighted by molar-refractivity contribution is -0.116. The summed E-state index contributed by atoms with van der Waals surface area (Å²) in [6.07, 6.45) is 0.283. The number of benzene rings is 2. The van der Waals surface area contributed by atoms with Gasteiger partial charge < -0.3 is 24.8 Å². The molecule has 0 atom stereocenters. The maximum atomic E-state index is 12.2. The lowest BCUT2D eigenvalue weighted by atomic mass is 10.2. The van der Waals surface area contributed by atoms with E-state index in [2.05, 4.69) is 10.6 Å². The van der Waals surface area contributed by atoms with E-state index in [0.29, 0.717) is 28.8 Å². The van der Waals surface area contributed by atoms with Gasteiger partial charge >= 0.3 is 0 Å². The molecule has 2 aromatic carbocycles. The maximum Gasteiger partial charge on any atom is 0.226 e. The van der Waals surface area contributed by atoms with E-state index in [4.69, 9.17) is 25.8 Å². The molecule has 0 aliphatic heterocycles. The van der Waals surface area contributed by atoms with Crippen molar-refractivity contribution in [2.45, 2.75) is 6.42 Å². The van der Waals surface area contributed by atoms with E-state index in [9.17, 15) is 4.79 Å². The smallest absolute Gasteiger partial charge is 0.226 e. The number of hydrogen-bond donors (Lipinski definition) is 2. The number of nitrogens with one attached hydrogen (secondary N) is 2.